The Morgan fingerprint density at radius 2 is 1.63 bits per heavy atom. The van der Waals surface area contributed by atoms with E-state index in [0.29, 0.717) is 27.6 Å². The number of nitrogens with two attached hydrogens (primary N) is 1. The summed E-state index contributed by atoms with van der Waals surface area (Å²) >= 11 is 1.39. The van der Waals surface area contributed by atoms with Crippen LogP contribution in [0.5, 0.6) is 0 Å². The fourth-order valence-corrected chi connectivity index (χ4v) is 7.83. The summed E-state index contributed by atoms with van der Waals surface area (Å²) in [6.45, 7) is 4.65. The molecule has 6 aromatic rings. The molecule has 0 unspecified atom stereocenters. The third-order valence-corrected chi connectivity index (χ3v) is 10.3. The van der Waals surface area contributed by atoms with E-state index in [0.717, 1.165) is 79.2 Å². The second-order valence-electron chi connectivity index (χ2n) is 12.5. The number of imidazole rings is 1. The van der Waals surface area contributed by atoms with Gasteiger partial charge in [-0.05, 0) is 66.5 Å². The normalized spacial score (nSPS) is 16.3. The smallest absolute Gasteiger partial charge is 0.251 e. The second kappa shape index (κ2) is 11.2. The molecule has 2 aliphatic rings. The van der Waals surface area contributed by atoms with E-state index >= 15 is 0 Å². The van der Waals surface area contributed by atoms with E-state index in [-0.39, 0.29) is 10.9 Å². The van der Waals surface area contributed by atoms with Gasteiger partial charge in [0.05, 0.1) is 16.2 Å². The number of fused-ring (bicyclic) bond motifs is 1. The molecule has 3 aromatic carbocycles. The molecule has 10 heteroatoms. The molecule has 1 spiro atoms. The number of hydrogen-bond donors (Lipinski definition) is 1. The molecule has 9 nitrogen and oxygen atoms in total. The summed E-state index contributed by atoms with van der Waals surface area (Å²) in [6.07, 6.45) is 5.64. The maximum absolute atomic E-state index is 12.2. The predicted octanol–water partition coefficient (Wildman–Crippen LogP) is 5.15. The van der Waals surface area contributed by atoms with Gasteiger partial charge in [-0.3, -0.25) is 19.1 Å². The molecule has 0 amide bonds. The largest absolute Gasteiger partial charge is 0.383 e. The summed E-state index contributed by atoms with van der Waals surface area (Å²) in [5.74, 6) is 1.13. The van der Waals surface area contributed by atoms with E-state index in [1.165, 1.54) is 17.3 Å². The van der Waals surface area contributed by atoms with Crippen LogP contribution in [0.25, 0.3) is 39.5 Å². The van der Waals surface area contributed by atoms with Crippen molar-refractivity contribution in [2.45, 2.75) is 24.3 Å². The topological polar surface area (TPSA) is 110 Å². The van der Waals surface area contributed by atoms with Crippen LogP contribution < -0.4 is 21.5 Å². The molecule has 0 atom stereocenters. The van der Waals surface area contributed by atoms with Crippen molar-refractivity contribution in [2.75, 3.05) is 43.1 Å². The highest BCUT2D eigenvalue weighted by Crippen LogP contribution is 2.42. The zero-order valence-corrected chi connectivity index (χ0v) is 26.3. The molecule has 2 saturated heterocycles. The Hall–Kier alpha value is -4.80. The average Bonchev–Trinajstić information content (AvgIpc) is 3.46. The van der Waals surface area contributed by atoms with Crippen LogP contribution in [0.15, 0.2) is 99.5 Å². The van der Waals surface area contributed by atoms with E-state index in [9.17, 15) is 9.59 Å². The molecule has 0 aliphatic carbocycles. The first-order valence-corrected chi connectivity index (χ1v) is 16.8. The number of nitrogen functional groups attached to an aromatic ring is 1. The highest BCUT2D eigenvalue weighted by atomic mass is 32.2. The van der Waals surface area contributed by atoms with Crippen molar-refractivity contribution in [3.05, 3.63) is 111 Å². The maximum Gasteiger partial charge on any atom is 0.251 e. The Kier molecular flexibility index (Phi) is 6.99. The Labute approximate surface area is 270 Å². The first kappa shape index (κ1) is 28.7. The van der Waals surface area contributed by atoms with Crippen molar-refractivity contribution < 1.29 is 0 Å². The van der Waals surface area contributed by atoms with E-state index in [4.69, 9.17) is 15.7 Å². The highest BCUT2D eigenvalue weighted by Gasteiger charge is 2.45. The molecule has 2 aliphatic heterocycles. The van der Waals surface area contributed by atoms with Gasteiger partial charge in [-0.25, -0.2) is 15.0 Å². The number of aromatic nitrogens is 4. The summed E-state index contributed by atoms with van der Waals surface area (Å²) < 4.78 is 2.07. The summed E-state index contributed by atoms with van der Waals surface area (Å²) in [5, 5.41) is 0. The van der Waals surface area contributed by atoms with E-state index in [2.05, 4.69) is 55.7 Å². The fraction of sp³-hybridized carbons (Fsp3) is 0.250. The van der Waals surface area contributed by atoms with Crippen LogP contribution in [0.4, 0.5) is 11.5 Å². The number of hydrogen-bond acceptors (Lipinski definition) is 9. The molecule has 0 saturated carbocycles. The molecule has 5 heterocycles. The van der Waals surface area contributed by atoms with E-state index in [1.54, 1.807) is 6.20 Å². The van der Waals surface area contributed by atoms with Crippen LogP contribution in [0, 0.1) is 5.41 Å². The maximum atomic E-state index is 12.2. The van der Waals surface area contributed by atoms with Gasteiger partial charge < -0.3 is 10.6 Å². The van der Waals surface area contributed by atoms with Gasteiger partial charge in [0.2, 0.25) is 5.43 Å². The molecular formula is C36H33N7O2S. The lowest BCUT2D eigenvalue weighted by Gasteiger charge is -2.54. The van der Waals surface area contributed by atoms with Crippen LogP contribution in [0.3, 0.4) is 0 Å². The molecular weight excluding hydrogens is 595 g/mol. The minimum atomic E-state index is -0.324. The Morgan fingerprint density at radius 3 is 2.35 bits per heavy atom. The molecule has 46 heavy (non-hydrogen) atoms. The van der Waals surface area contributed by atoms with E-state index < -0.39 is 0 Å². The molecule has 3 aromatic heterocycles. The van der Waals surface area contributed by atoms with Crippen LogP contribution in [0.1, 0.15) is 18.4 Å². The third-order valence-electron chi connectivity index (χ3n) is 9.56. The lowest BCUT2D eigenvalue weighted by molar-refractivity contribution is -0.0241. The van der Waals surface area contributed by atoms with Gasteiger partial charge in [0, 0.05) is 50.2 Å². The summed E-state index contributed by atoms with van der Waals surface area (Å²) in [7, 11) is 0. The number of rotatable bonds is 7. The average molecular weight is 628 g/mol. The minimum absolute atomic E-state index is 0.295. The van der Waals surface area contributed by atoms with Crippen molar-refractivity contribution in [3.8, 4) is 28.3 Å². The van der Waals surface area contributed by atoms with Crippen molar-refractivity contribution in [1.82, 2.24) is 24.4 Å². The highest BCUT2D eigenvalue weighted by molar-refractivity contribution is 7.98. The van der Waals surface area contributed by atoms with Gasteiger partial charge >= 0.3 is 0 Å². The zero-order chi connectivity index (χ0) is 31.4. The van der Waals surface area contributed by atoms with Crippen molar-refractivity contribution >= 4 is 34.4 Å². The molecule has 230 valence electrons. The minimum Gasteiger partial charge on any atom is -0.383 e. The number of anilines is 2. The Morgan fingerprint density at radius 1 is 0.870 bits per heavy atom. The standard InChI is InChI=1S/C36H33N7O2S/c1-46-32-29(30(44)31(32)45)42-18-15-36(16-19-42)21-41(22-36)20-23-9-11-25(12-10-23)43-34(26-8-5-17-38-33(26)37)40-28-14-13-27(39-35(28)43)24-6-3-2-4-7-24/h2-14,17H,15-16,18-22H2,1H3,(H2,37,38). The quantitative estimate of drug-likeness (QED) is 0.190. The molecule has 8 rings (SSSR count). The number of piperidine rings is 1. The molecule has 2 fully saturated rings. The van der Waals surface area contributed by atoms with Crippen molar-refractivity contribution in [3.63, 3.8) is 0 Å². The monoisotopic (exact) mass is 627 g/mol. The third kappa shape index (κ3) is 4.80. The number of nitrogens with zero attached hydrogens (tertiary/aromatic N) is 6. The SMILES string of the molecule is CSc1c(N2CCC3(CC2)CN(Cc2ccc(-n4c(-c5cccnc5N)nc5ccc(-c6ccccc6)nc54)cc2)C3)c(=O)c1=O. The summed E-state index contributed by atoms with van der Waals surface area (Å²) in [4.78, 5) is 43.7. The number of thioether (sulfide) groups is 1. The van der Waals surface area contributed by atoms with Crippen LogP contribution in [0.2, 0.25) is 0 Å². The van der Waals surface area contributed by atoms with Crippen molar-refractivity contribution in [2.24, 2.45) is 5.41 Å². The van der Waals surface area contributed by atoms with Gasteiger partial charge in [0.1, 0.15) is 17.0 Å². The van der Waals surface area contributed by atoms with E-state index in [1.807, 2.05) is 48.7 Å². The van der Waals surface area contributed by atoms with Gasteiger partial charge in [-0.1, -0.05) is 42.5 Å². The first-order valence-electron chi connectivity index (χ1n) is 15.5. The Balaban J connectivity index is 1.02. The molecule has 0 radical (unpaired) electrons. The Bertz CT molecular complexity index is 2140. The summed E-state index contributed by atoms with van der Waals surface area (Å²) in [6, 6.07) is 26.6. The van der Waals surface area contributed by atoms with Crippen LogP contribution >= 0.6 is 11.8 Å². The molecule has 2 N–H and O–H groups in total. The number of benzene rings is 2. The van der Waals surface area contributed by atoms with Gasteiger partial charge in [-0.2, -0.15) is 0 Å². The van der Waals surface area contributed by atoms with Crippen molar-refractivity contribution in [1.29, 1.82) is 0 Å². The zero-order valence-electron chi connectivity index (χ0n) is 25.5. The second-order valence-corrected chi connectivity index (χ2v) is 13.3. The lowest BCUT2D eigenvalue weighted by atomic mass is 9.71. The van der Waals surface area contributed by atoms with Gasteiger partial charge in [0.15, 0.2) is 11.5 Å². The van der Waals surface area contributed by atoms with Crippen LogP contribution in [-0.4, -0.2) is 56.9 Å². The summed E-state index contributed by atoms with van der Waals surface area (Å²) in [5.41, 5.74) is 13.1. The molecule has 0 bridgehead atoms. The van der Waals surface area contributed by atoms with Gasteiger partial charge in [0.25, 0.3) is 5.43 Å². The number of pyridine rings is 2. The van der Waals surface area contributed by atoms with Gasteiger partial charge in [-0.15, -0.1) is 11.8 Å². The predicted molar refractivity (Wildman–Crippen MR) is 184 cm³/mol. The first-order chi connectivity index (χ1) is 22.4. The fourth-order valence-electron chi connectivity index (χ4n) is 7.14. The lowest BCUT2D eigenvalue weighted by Crippen LogP contribution is -2.60. The van der Waals surface area contributed by atoms with Crippen LogP contribution in [-0.2, 0) is 6.54 Å². The number of likely N-dealkylation sites (tertiary alicyclic amines) is 1.